The van der Waals surface area contributed by atoms with Crippen molar-refractivity contribution in [2.24, 2.45) is 0 Å². The Bertz CT molecular complexity index is 593. The molecule has 0 spiro atoms. The predicted molar refractivity (Wildman–Crippen MR) is 80.3 cm³/mol. The first kappa shape index (κ1) is 13.1. The van der Waals surface area contributed by atoms with E-state index in [1.165, 1.54) is 0 Å². The van der Waals surface area contributed by atoms with Crippen LogP contribution in [0, 0.1) is 3.57 Å². The molecule has 0 saturated carbocycles. The minimum Gasteiger partial charge on any atom is -0.369 e. The molecule has 0 aliphatic heterocycles. The lowest BCUT2D eigenvalue weighted by Crippen LogP contribution is -2.31. The molecule has 6 heteroatoms. The fourth-order valence-corrected chi connectivity index (χ4v) is 2.41. The van der Waals surface area contributed by atoms with Gasteiger partial charge in [-0.05, 0) is 54.6 Å². The van der Waals surface area contributed by atoms with Gasteiger partial charge in [0.1, 0.15) is 6.04 Å². The van der Waals surface area contributed by atoms with E-state index in [0.29, 0.717) is 12.5 Å². The summed E-state index contributed by atoms with van der Waals surface area (Å²) in [6, 6.07) is 5.50. The minimum atomic E-state index is -0.366. The maximum Gasteiger partial charge on any atom is 0.242 e. The van der Waals surface area contributed by atoms with E-state index in [0.717, 1.165) is 14.6 Å². The largest absolute Gasteiger partial charge is 0.369 e. The van der Waals surface area contributed by atoms with Crippen LogP contribution in [0.15, 0.2) is 18.2 Å². The van der Waals surface area contributed by atoms with E-state index in [4.69, 9.17) is 5.73 Å². The number of benzene rings is 1. The van der Waals surface area contributed by atoms with Crippen molar-refractivity contribution in [1.82, 2.24) is 14.9 Å². The Labute approximate surface area is 119 Å². The Hall–Kier alpha value is -1.31. The summed E-state index contributed by atoms with van der Waals surface area (Å²) < 4.78 is 2.85. The monoisotopic (exact) mass is 358 g/mol. The number of nitrogens with two attached hydrogens (primary N) is 1. The fraction of sp³-hybridized carbons (Fsp3) is 0.333. The topological polar surface area (TPSA) is 72.9 Å². The number of likely N-dealkylation sites (N-methyl/N-ethyl adjacent to an activating group) is 1. The molecule has 96 valence electrons. The third kappa shape index (κ3) is 2.29. The highest BCUT2D eigenvalue weighted by Gasteiger charge is 2.19. The lowest BCUT2D eigenvalue weighted by Gasteiger charge is -2.15. The molecule has 1 amide bonds. The average Bonchev–Trinajstić information content (AvgIpc) is 2.63. The molecule has 5 nitrogen and oxygen atoms in total. The van der Waals surface area contributed by atoms with Crippen molar-refractivity contribution in [3.8, 4) is 0 Å². The lowest BCUT2D eigenvalue weighted by molar-refractivity contribution is -0.123. The van der Waals surface area contributed by atoms with Crippen LogP contribution in [0.3, 0.4) is 0 Å². The van der Waals surface area contributed by atoms with Gasteiger partial charge in [0.25, 0.3) is 0 Å². The van der Waals surface area contributed by atoms with Crippen LogP contribution in [0.1, 0.15) is 19.9 Å². The number of rotatable bonds is 3. The third-order valence-corrected chi connectivity index (χ3v) is 3.47. The maximum atomic E-state index is 11.9. The van der Waals surface area contributed by atoms with Crippen LogP contribution in [-0.4, -0.2) is 22.0 Å². The minimum absolute atomic E-state index is 0.0537. The molecule has 1 heterocycles. The molecular weight excluding hydrogens is 343 g/mol. The van der Waals surface area contributed by atoms with Crippen molar-refractivity contribution >= 4 is 45.5 Å². The number of carbonyl (C=O) groups is 1. The van der Waals surface area contributed by atoms with Gasteiger partial charge in [-0.2, -0.15) is 0 Å². The molecule has 1 aromatic heterocycles. The Balaban J connectivity index is 2.50. The average molecular weight is 358 g/mol. The second-order valence-corrected chi connectivity index (χ2v) is 5.29. The molecule has 1 atom stereocenters. The molecule has 2 aromatic rings. The van der Waals surface area contributed by atoms with Crippen molar-refractivity contribution in [2.75, 3.05) is 12.3 Å². The summed E-state index contributed by atoms with van der Waals surface area (Å²) >= 11 is 2.22. The number of imidazole rings is 1. The molecule has 2 rings (SSSR count). The number of nitrogens with zero attached hydrogens (tertiary/aromatic N) is 2. The van der Waals surface area contributed by atoms with E-state index in [2.05, 4.69) is 32.9 Å². The second-order valence-electron chi connectivity index (χ2n) is 4.04. The van der Waals surface area contributed by atoms with Crippen molar-refractivity contribution in [2.45, 2.75) is 19.9 Å². The smallest absolute Gasteiger partial charge is 0.242 e. The number of fused-ring (bicyclic) bond motifs is 1. The van der Waals surface area contributed by atoms with Gasteiger partial charge in [-0.25, -0.2) is 4.98 Å². The standard InChI is InChI=1S/C12H15IN4O/c1-3-15-11(18)7(2)17-10-5-4-8(13)6-9(10)16-12(17)14/h4-7H,3H2,1-2H3,(H2,14,16)(H,15,18). The van der Waals surface area contributed by atoms with E-state index in [1.54, 1.807) is 4.57 Å². The van der Waals surface area contributed by atoms with Crippen molar-refractivity contribution in [3.63, 3.8) is 0 Å². The summed E-state index contributed by atoms with van der Waals surface area (Å²) in [5.74, 6) is 0.313. The summed E-state index contributed by atoms with van der Waals surface area (Å²) in [4.78, 5) is 16.2. The van der Waals surface area contributed by atoms with Crippen molar-refractivity contribution in [3.05, 3.63) is 21.8 Å². The van der Waals surface area contributed by atoms with E-state index in [-0.39, 0.29) is 11.9 Å². The molecule has 0 saturated heterocycles. The Morgan fingerprint density at radius 1 is 1.61 bits per heavy atom. The quantitative estimate of drug-likeness (QED) is 0.824. The highest BCUT2D eigenvalue weighted by Crippen LogP contribution is 2.24. The zero-order valence-electron chi connectivity index (χ0n) is 10.3. The van der Waals surface area contributed by atoms with E-state index in [9.17, 15) is 4.79 Å². The van der Waals surface area contributed by atoms with Gasteiger partial charge in [-0.3, -0.25) is 9.36 Å². The van der Waals surface area contributed by atoms with Gasteiger partial charge in [0.15, 0.2) is 0 Å². The second kappa shape index (κ2) is 5.13. The summed E-state index contributed by atoms with van der Waals surface area (Å²) in [7, 11) is 0. The first-order valence-electron chi connectivity index (χ1n) is 5.75. The van der Waals surface area contributed by atoms with Gasteiger partial charge < -0.3 is 11.1 Å². The summed E-state index contributed by atoms with van der Waals surface area (Å²) in [6.45, 7) is 4.32. The molecule has 0 aliphatic carbocycles. The van der Waals surface area contributed by atoms with Crippen LogP contribution >= 0.6 is 22.6 Å². The van der Waals surface area contributed by atoms with Gasteiger partial charge in [-0.1, -0.05) is 0 Å². The van der Waals surface area contributed by atoms with Crippen LogP contribution in [0.4, 0.5) is 5.95 Å². The van der Waals surface area contributed by atoms with Gasteiger partial charge in [0, 0.05) is 10.1 Å². The molecule has 1 aromatic carbocycles. The van der Waals surface area contributed by atoms with Crippen LogP contribution in [0.2, 0.25) is 0 Å². The predicted octanol–water partition coefficient (Wildman–Crippen LogP) is 1.92. The van der Waals surface area contributed by atoms with Crippen molar-refractivity contribution in [1.29, 1.82) is 0 Å². The highest BCUT2D eigenvalue weighted by molar-refractivity contribution is 14.1. The number of hydrogen-bond donors (Lipinski definition) is 2. The van der Waals surface area contributed by atoms with E-state index in [1.807, 2.05) is 32.0 Å². The van der Waals surface area contributed by atoms with Crippen LogP contribution < -0.4 is 11.1 Å². The van der Waals surface area contributed by atoms with Crippen LogP contribution in [0.5, 0.6) is 0 Å². The van der Waals surface area contributed by atoms with Crippen LogP contribution in [-0.2, 0) is 4.79 Å². The number of anilines is 1. The number of hydrogen-bond acceptors (Lipinski definition) is 3. The summed E-state index contributed by atoms with van der Waals surface area (Å²) in [6.07, 6.45) is 0. The molecule has 0 aliphatic rings. The number of aromatic nitrogens is 2. The Morgan fingerprint density at radius 2 is 2.33 bits per heavy atom. The zero-order chi connectivity index (χ0) is 13.3. The van der Waals surface area contributed by atoms with E-state index >= 15 is 0 Å². The Kier molecular flexibility index (Phi) is 3.74. The van der Waals surface area contributed by atoms with E-state index < -0.39 is 0 Å². The SMILES string of the molecule is CCNC(=O)C(C)n1c(N)nc2cc(I)ccc21. The molecule has 18 heavy (non-hydrogen) atoms. The first-order valence-corrected chi connectivity index (χ1v) is 6.83. The number of nitrogens with one attached hydrogen (secondary N) is 1. The summed E-state index contributed by atoms with van der Waals surface area (Å²) in [5, 5.41) is 2.79. The maximum absolute atomic E-state index is 11.9. The molecule has 0 radical (unpaired) electrons. The highest BCUT2D eigenvalue weighted by atomic mass is 127. The molecule has 3 N–H and O–H groups in total. The van der Waals surface area contributed by atoms with Gasteiger partial charge in [0.05, 0.1) is 11.0 Å². The van der Waals surface area contributed by atoms with Crippen LogP contribution in [0.25, 0.3) is 11.0 Å². The molecular formula is C12H15IN4O. The Morgan fingerprint density at radius 3 is 3.00 bits per heavy atom. The normalized spacial score (nSPS) is 12.6. The number of nitrogen functional groups attached to an aromatic ring is 1. The van der Waals surface area contributed by atoms with Gasteiger partial charge in [-0.15, -0.1) is 0 Å². The van der Waals surface area contributed by atoms with Gasteiger partial charge >= 0.3 is 0 Å². The summed E-state index contributed by atoms with van der Waals surface area (Å²) in [5.41, 5.74) is 7.60. The fourth-order valence-electron chi connectivity index (χ4n) is 1.94. The lowest BCUT2D eigenvalue weighted by atomic mass is 10.2. The van der Waals surface area contributed by atoms with Crippen molar-refractivity contribution < 1.29 is 4.79 Å². The number of carbonyl (C=O) groups excluding carboxylic acids is 1. The zero-order valence-corrected chi connectivity index (χ0v) is 12.4. The molecule has 0 bridgehead atoms. The van der Waals surface area contributed by atoms with Gasteiger partial charge in [0.2, 0.25) is 11.9 Å². The molecule has 0 fully saturated rings. The number of amides is 1. The number of halogens is 1. The third-order valence-electron chi connectivity index (χ3n) is 2.80. The first-order chi connectivity index (χ1) is 8.54. The molecule has 1 unspecified atom stereocenters.